The predicted octanol–water partition coefficient (Wildman–Crippen LogP) is 2.15. The maximum Gasteiger partial charge on any atom is 0.346 e. The number of hydrogen-bond donors (Lipinski definition) is 0. The fourth-order valence-corrected chi connectivity index (χ4v) is 1.50. The summed E-state index contributed by atoms with van der Waals surface area (Å²) in [5.41, 5.74) is -0.193. The molecule has 0 saturated carbocycles. The fourth-order valence-electron chi connectivity index (χ4n) is 1.50. The molecule has 4 heteroatoms. The topological polar surface area (TPSA) is 18.5 Å². The molecule has 0 spiro atoms. The Morgan fingerprint density at radius 1 is 1.21 bits per heavy atom. The fraction of sp³-hybridized carbons (Fsp3) is 0.400. The first-order valence-electron chi connectivity index (χ1n) is 4.32. The molecule has 1 heterocycles. The van der Waals surface area contributed by atoms with Gasteiger partial charge in [-0.25, -0.2) is 0 Å². The maximum atomic E-state index is 12.2. The highest BCUT2D eigenvalue weighted by Gasteiger charge is 2.43. The molecule has 0 unspecified atom stereocenters. The van der Waals surface area contributed by atoms with Gasteiger partial charge in [-0.15, -0.1) is 0 Å². The summed E-state index contributed by atoms with van der Waals surface area (Å²) in [5.74, 6) is 0. The molecule has 0 aliphatic carbocycles. The Labute approximate surface area is 80.4 Å². The van der Waals surface area contributed by atoms with E-state index in [0.29, 0.717) is 0 Å². The molecule has 0 bridgehead atoms. The lowest BCUT2D eigenvalue weighted by Crippen LogP contribution is -2.49. The van der Waals surface area contributed by atoms with Gasteiger partial charge in [-0.2, -0.15) is 8.78 Å². The third-order valence-electron chi connectivity index (χ3n) is 2.29. The first kappa shape index (κ1) is 9.55. The van der Waals surface area contributed by atoms with E-state index in [-0.39, 0.29) is 13.2 Å². The third-order valence-corrected chi connectivity index (χ3v) is 2.29. The summed E-state index contributed by atoms with van der Waals surface area (Å²) >= 11 is 0. The smallest absolute Gasteiger partial charge is 0.346 e. The van der Waals surface area contributed by atoms with E-state index in [1.165, 1.54) is 0 Å². The quantitative estimate of drug-likeness (QED) is 0.744. The molecule has 14 heavy (non-hydrogen) atoms. The van der Waals surface area contributed by atoms with Crippen molar-refractivity contribution >= 4 is 0 Å². The molecule has 2 rings (SSSR count). The van der Waals surface area contributed by atoms with Crippen molar-refractivity contribution in [2.45, 2.75) is 12.2 Å². The molecule has 1 aromatic rings. The molecule has 0 amide bonds. The van der Waals surface area contributed by atoms with Crippen LogP contribution in [0.5, 0.6) is 0 Å². The van der Waals surface area contributed by atoms with Crippen LogP contribution in [0.1, 0.15) is 5.56 Å². The molecule has 1 aliphatic heterocycles. The zero-order valence-electron chi connectivity index (χ0n) is 7.45. The summed E-state index contributed by atoms with van der Waals surface area (Å²) in [6.45, 7) is -2.37. The summed E-state index contributed by atoms with van der Waals surface area (Å²) in [5, 5.41) is 0. The Balaban J connectivity index is 2.20. The molecule has 1 aliphatic rings. The van der Waals surface area contributed by atoms with Crippen molar-refractivity contribution in [1.29, 1.82) is 0 Å². The van der Waals surface area contributed by atoms with Crippen molar-refractivity contribution in [3.8, 4) is 0 Å². The Morgan fingerprint density at radius 3 is 2.29 bits per heavy atom. The first-order chi connectivity index (χ1) is 6.73. The van der Waals surface area contributed by atoms with E-state index in [2.05, 4.69) is 4.74 Å². The summed E-state index contributed by atoms with van der Waals surface area (Å²) in [6.07, 6.45) is 0. The van der Waals surface area contributed by atoms with Crippen LogP contribution < -0.4 is 0 Å². The van der Waals surface area contributed by atoms with Crippen LogP contribution in [-0.2, 0) is 15.1 Å². The Bertz CT molecular complexity index is 296. The average molecular weight is 200 g/mol. The van der Waals surface area contributed by atoms with Crippen molar-refractivity contribution in [1.82, 2.24) is 0 Å². The monoisotopic (exact) mass is 200 g/mol. The van der Waals surface area contributed by atoms with Gasteiger partial charge < -0.3 is 9.47 Å². The van der Waals surface area contributed by atoms with Gasteiger partial charge in [0.1, 0.15) is 5.60 Å². The van der Waals surface area contributed by atoms with Crippen LogP contribution in [0.2, 0.25) is 0 Å². The van der Waals surface area contributed by atoms with E-state index >= 15 is 0 Å². The lowest BCUT2D eigenvalue weighted by Gasteiger charge is -2.40. The molecule has 1 fully saturated rings. The summed E-state index contributed by atoms with van der Waals surface area (Å²) in [4.78, 5) is 0. The van der Waals surface area contributed by atoms with Crippen LogP contribution in [0.15, 0.2) is 30.3 Å². The van der Waals surface area contributed by atoms with Gasteiger partial charge >= 0.3 is 6.61 Å². The van der Waals surface area contributed by atoms with Crippen LogP contribution in [-0.4, -0.2) is 19.8 Å². The van der Waals surface area contributed by atoms with Gasteiger partial charge in [-0.1, -0.05) is 30.3 Å². The summed E-state index contributed by atoms with van der Waals surface area (Å²) < 4.78 is 33.9. The number of rotatable bonds is 3. The van der Waals surface area contributed by atoms with Gasteiger partial charge in [-0.3, -0.25) is 0 Å². The van der Waals surface area contributed by atoms with Crippen molar-refractivity contribution in [3.63, 3.8) is 0 Å². The minimum absolute atomic E-state index is 0.196. The number of halogens is 2. The van der Waals surface area contributed by atoms with Crippen LogP contribution in [0.3, 0.4) is 0 Å². The lowest BCUT2D eigenvalue weighted by molar-refractivity contribution is -0.293. The number of benzene rings is 1. The Morgan fingerprint density at radius 2 is 1.86 bits per heavy atom. The third kappa shape index (κ3) is 1.63. The second-order valence-corrected chi connectivity index (χ2v) is 3.23. The first-order valence-corrected chi connectivity index (χ1v) is 4.32. The number of hydrogen-bond acceptors (Lipinski definition) is 2. The zero-order chi connectivity index (χ0) is 10.0. The number of alkyl halides is 2. The zero-order valence-corrected chi connectivity index (χ0v) is 7.45. The molecule has 0 N–H and O–H groups in total. The average Bonchev–Trinajstić information content (AvgIpc) is 2.12. The normalized spacial score (nSPS) is 19.4. The standard InChI is InChI=1S/C10H10F2O2/c11-9(12)14-10(6-13-7-10)8-4-2-1-3-5-8/h1-5,9H,6-7H2. The van der Waals surface area contributed by atoms with E-state index in [1.54, 1.807) is 24.3 Å². The Kier molecular flexibility index (Phi) is 2.48. The SMILES string of the molecule is FC(F)OC1(c2ccccc2)COC1. The lowest BCUT2D eigenvalue weighted by atomic mass is 9.92. The van der Waals surface area contributed by atoms with Gasteiger partial charge in [0, 0.05) is 0 Å². The maximum absolute atomic E-state index is 12.2. The van der Waals surface area contributed by atoms with Crippen molar-refractivity contribution < 1.29 is 18.3 Å². The molecule has 0 aromatic heterocycles. The van der Waals surface area contributed by atoms with E-state index < -0.39 is 12.2 Å². The van der Waals surface area contributed by atoms with Gasteiger partial charge in [0.25, 0.3) is 0 Å². The minimum Gasteiger partial charge on any atom is -0.375 e. The molecule has 2 nitrogen and oxygen atoms in total. The highest BCUT2D eigenvalue weighted by Crippen LogP contribution is 2.35. The summed E-state index contributed by atoms with van der Waals surface area (Å²) in [6, 6.07) is 8.96. The van der Waals surface area contributed by atoms with Crippen molar-refractivity contribution in [2.24, 2.45) is 0 Å². The molecule has 1 saturated heterocycles. The highest BCUT2D eigenvalue weighted by atomic mass is 19.3. The summed E-state index contributed by atoms with van der Waals surface area (Å²) in [7, 11) is 0. The van der Waals surface area contributed by atoms with Crippen molar-refractivity contribution in [3.05, 3.63) is 35.9 Å². The Hall–Kier alpha value is -1.00. The second-order valence-electron chi connectivity index (χ2n) is 3.23. The van der Waals surface area contributed by atoms with Crippen LogP contribution >= 0.6 is 0 Å². The second kappa shape index (κ2) is 3.63. The van der Waals surface area contributed by atoms with E-state index in [9.17, 15) is 8.78 Å². The van der Waals surface area contributed by atoms with E-state index in [1.807, 2.05) is 6.07 Å². The minimum atomic E-state index is -2.76. The number of ether oxygens (including phenoxy) is 2. The largest absolute Gasteiger partial charge is 0.375 e. The molecule has 0 atom stereocenters. The predicted molar refractivity (Wildman–Crippen MR) is 46.0 cm³/mol. The van der Waals surface area contributed by atoms with Gasteiger partial charge in [0.15, 0.2) is 0 Å². The van der Waals surface area contributed by atoms with Gasteiger partial charge in [0.2, 0.25) is 0 Å². The molecule has 76 valence electrons. The highest BCUT2D eigenvalue weighted by molar-refractivity contribution is 5.24. The molecular formula is C10H10F2O2. The van der Waals surface area contributed by atoms with Gasteiger partial charge in [0.05, 0.1) is 13.2 Å². The molecule has 0 radical (unpaired) electrons. The van der Waals surface area contributed by atoms with Crippen LogP contribution in [0, 0.1) is 0 Å². The van der Waals surface area contributed by atoms with Crippen molar-refractivity contribution in [2.75, 3.05) is 13.2 Å². The molecular weight excluding hydrogens is 190 g/mol. The van der Waals surface area contributed by atoms with Crippen LogP contribution in [0.25, 0.3) is 0 Å². The van der Waals surface area contributed by atoms with E-state index in [0.717, 1.165) is 5.56 Å². The van der Waals surface area contributed by atoms with E-state index in [4.69, 9.17) is 4.74 Å². The molecule has 1 aromatic carbocycles. The van der Waals surface area contributed by atoms with Crippen LogP contribution in [0.4, 0.5) is 8.78 Å². The van der Waals surface area contributed by atoms with Gasteiger partial charge in [-0.05, 0) is 5.56 Å².